The van der Waals surface area contributed by atoms with Crippen molar-refractivity contribution in [3.63, 3.8) is 0 Å². The molecule has 134 valence electrons. The summed E-state index contributed by atoms with van der Waals surface area (Å²) in [4.78, 5) is 0. The highest BCUT2D eigenvalue weighted by atomic mass is 16.5. The molecule has 0 bridgehead atoms. The highest BCUT2D eigenvalue weighted by Gasteiger charge is 2.24. The molecular formula is C24H21NO2. The molecule has 0 amide bonds. The summed E-state index contributed by atoms with van der Waals surface area (Å²) in [6.07, 6.45) is 0. The normalized spacial score (nSPS) is 10.9. The lowest BCUT2D eigenvalue weighted by molar-refractivity contribution is -0.669. The van der Waals surface area contributed by atoms with Crippen molar-refractivity contribution in [2.24, 2.45) is 0 Å². The van der Waals surface area contributed by atoms with Crippen molar-refractivity contribution in [2.45, 2.75) is 20.4 Å². The molecule has 0 aliphatic rings. The second-order valence-corrected chi connectivity index (χ2v) is 6.85. The summed E-state index contributed by atoms with van der Waals surface area (Å²) in [7, 11) is 0. The average molecular weight is 355 g/mol. The Hall–Kier alpha value is -3.33. The van der Waals surface area contributed by atoms with E-state index >= 15 is 0 Å². The number of hydrogen-bond donors (Lipinski definition) is 0. The number of aromatic nitrogens is 1. The van der Waals surface area contributed by atoms with Crippen LogP contribution in [0.3, 0.4) is 0 Å². The predicted octanol–water partition coefficient (Wildman–Crippen LogP) is 4.64. The van der Waals surface area contributed by atoms with E-state index in [1.165, 1.54) is 5.56 Å². The van der Waals surface area contributed by atoms with Crippen molar-refractivity contribution in [1.82, 2.24) is 0 Å². The van der Waals surface area contributed by atoms with Crippen LogP contribution in [0.1, 0.15) is 16.7 Å². The van der Waals surface area contributed by atoms with Crippen LogP contribution in [0.25, 0.3) is 22.7 Å². The third-order valence-electron chi connectivity index (χ3n) is 4.70. The Bertz CT molecular complexity index is 1050. The smallest absolute Gasteiger partial charge is 0.270 e. The van der Waals surface area contributed by atoms with Crippen LogP contribution in [0.2, 0.25) is 0 Å². The largest absolute Gasteiger partial charge is 0.540 e. The summed E-state index contributed by atoms with van der Waals surface area (Å²) in [5, 5.41) is 12.8. The van der Waals surface area contributed by atoms with Gasteiger partial charge >= 0.3 is 0 Å². The van der Waals surface area contributed by atoms with E-state index in [9.17, 15) is 5.11 Å². The lowest BCUT2D eigenvalue weighted by Crippen LogP contribution is -2.37. The van der Waals surface area contributed by atoms with Crippen LogP contribution >= 0.6 is 0 Å². The predicted molar refractivity (Wildman–Crippen MR) is 104 cm³/mol. The van der Waals surface area contributed by atoms with Gasteiger partial charge in [0, 0.05) is 11.1 Å². The lowest BCUT2D eigenvalue weighted by atomic mass is 10.1. The molecule has 0 radical (unpaired) electrons. The standard InChI is InChI=1S/C24H21NO2/c1-17-8-12-20(13-9-17)22-24(26)27-23(21-14-10-18(2)11-15-21)25(22)16-19-6-4-3-5-7-19/h3-15H,16H2,1-2H3. The first-order valence-corrected chi connectivity index (χ1v) is 9.03. The van der Waals surface area contributed by atoms with Crippen LogP contribution in [0, 0.1) is 13.8 Å². The molecule has 1 heterocycles. The van der Waals surface area contributed by atoms with Gasteiger partial charge < -0.3 is 9.52 Å². The fourth-order valence-electron chi connectivity index (χ4n) is 3.22. The third kappa shape index (κ3) is 3.49. The van der Waals surface area contributed by atoms with E-state index in [4.69, 9.17) is 4.42 Å². The zero-order valence-corrected chi connectivity index (χ0v) is 15.5. The Morgan fingerprint density at radius 2 is 1.30 bits per heavy atom. The van der Waals surface area contributed by atoms with Crippen molar-refractivity contribution in [2.75, 3.05) is 0 Å². The number of aryl methyl sites for hydroxylation is 2. The molecule has 0 atom stereocenters. The zero-order valence-electron chi connectivity index (χ0n) is 15.5. The number of oxazole rings is 1. The molecule has 0 N–H and O–H groups in total. The average Bonchev–Trinajstić information content (AvgIpc) is 3.00. The van der Waals surface area contributed by atoms with Gasteiger partial charge in [0.25, 0.3) is 5.89 Å². The minimum absolute atomic E-state index is 0.314. The fourth-order valence-corrected chi connectivity index (χ4v) is 3.22. The van der Waals surface area contributed by atoms with Gasteiger partial charge in [-0.3, -0.25) is 0 Å². The van der Waals surface area contributed by atoms with E-state index < -0.39 is 0 Å². The highest BCUT2D eigenvalue weighted by Crippen LogP contribution is 2.31. The molecular weight excluding hydrogens is 334 g/mol. The molecule has 0 saturated carbocycles. The number of rotatable bonds is 4. The number of nitrogens with zero attached hydrogens (tertiary/aromatic N) is 1. The first-order valence-electron chi connectivity index (χ1n) is 9.03. The van der Waals surface area contributed by atoms with Gasteiger partial charge in [-0.25, -0.2) is 0 Å². The van der Waals surface area contributed by atoms with E-state index in [2.05, 4.69) is 12.1 Å². The summed E-state index contributed by atoms with van der Waals surface area (Å²) < 4.78 is 7.72. The summed E-state index contributed by atoms with van der Waals surface area (Å²) in [6.45, 7) is 4.65. The first kappa shape index (κ1) is 17.1. The summed E-state index contributed by atoms with van der Waals surface area (Å²) in [6, 6.07) is 26.1. The van der Waals surface area contributed by atoms with Crippen LogP contribution in [-0.4, -0.2) is 0 Å². The fraction of sp³-hybridized carbons (Fsp3) is 0.125. The van der Waals surface area contributed by atoms with Gasteiger partial charge in [0.2, 0.25) is 5.69 Å². The topological polar surface area (TPSA) is 40.1 Å². The molecule has 0 aliphatic carbocycles. The number of benzene rings is 3. The Kier molecular flexibility index (Phi) is 4.51. The molecule has 4 aromatic rings. The van der Waals surface area contributed by atoms with Gasteiger partial charge in [-0.05, 0) is 38.1 Å². The van der Waals surface area contributed by atoms with E-state index in [-0.39, 0.29) is 5.95 Å². The van der Waals surface area contributed by atoms with Gasteiger partial charge in [0.15, 0.2) is 6.54 Å². The SMILES string of the molecule is Cc1ccc(-c2oc([O-])c(-c3ccc(C)cc3)[n+]2Cc2ccccc2)cc1. The van der Waals surface area contributed by atoms with Crippen LogP contribution in [0.15, 0.2) is 83.3 Å². The second-order valence-electron chi connectivity index (χ2n) is 6.85. The van der Waals surface area contributed by atoms with Crippen molar-refractivity contribution in [3.05, 3.63) is 95.6 Å². The maximum atomic E-state index is 12.8. The molecule has 0 fully saturated rings. The second kappa shape index (κ2) is 7.12. The Labute approximate surface area is 159 Å². The summed E-state index contributed by atoms with van der Waals surface area (Å²) >= 11 is 0. The maximum Gasteiger partial charge on any atom is 0.270 e. The van der Waals surface area contributed by atoms with Crippen molar-refractivity contribution < 1.29 is 14.1 Å². The van der Waals surface area contributed by atoms with Gasteiger partial charge in [-0.2, -0.15) is 4.57 Å². The van der Waals surface area contributed by atoms with Crippen LogP contribution in [0.5, 0.6) is 5.95 Å². The van der Waals surface area contributed by atoms with E-state index in [1.807, 2.05) is 85.1 Å². The van der Waals surface area contributed by atoms with Crippen molar-refractivity contribution in [1.29, 1.82) is 0 Å². The highest BCUT2D eigenvalue weighted by molar-refractivity contribution is 5.63. The van der Waals surface area contributed by atoms with Crippen LogP contribution < -0.4 is 9.67 Å². The molecule has 3 aromatic carbocycles. The van der Waals surface area contributed by atoms with Crippen LogP contribution in [-0.2, 0) is 6.54 Å². The quantitative estimate of drug-likeness (QED) is 0.500. The number of hydrogen-bond acceptors (Lipinski definition) is 2. The maximum absolute atomic E-state index is 12.8. The molecule has 0 spiro atoms. The minimum atomic E-state index is -0.314. The Morgan fingerprint density at radius 3 is 1.89 bits per heavy atom. The van der Waals surface area contributed by atoms with Crippen molar-refractivity contribution in [3.8, 4) is 28.7 Å². The molecule has 0 unspecified atom stereocenters. The molecule has 0 aliphatic heterocycles. The van der Waals surface area contributed by atoms with E-state index in [1.54, 1.807) is 0 Å². The third-order valence-corrected chi connectivity index (χ3v) is 4.70. The molecule has 3 nitrogen and oxygen atoms in total. The van der Waals surface area contributed by atoms with Gasteiger partial charge in [-0.1, -0.05) is 65.7 Å². The van der Waals surface area contributed by atoms with Gasteiger partial charge in [0.05, 0.1) is 5.56 Å². The Balaban J connectivity index is 1.89. The van der Waals surface area contributed by atoms with E-state index in [0.29, 0.717) is 18.1 Å². The Morgan fingerprint density at radius 1 is 0.741 bits per heavy atom. The molecule has 0 saturated heterocycles. The lowest BCUT2D eigenvalue weighted by Gasteiger charge is -2.05. The van der Waals surface area contributed by atoms with Gasteiger partial charge in [-0.15, -0.1) is 0 Å². The summed E-state index contributed by atoms with van der Waals surface area (Å²) in [5.74, 6) is 0.268. The first-order chi connectivity index (χ1) is 13.1. The molecule has 3 heteroatoms. The van der Waals surface area contributed by atoms with Gasteiger partial charge in [0.1, 0.15) is 5.95 Å². The minimum Gasteiger partial charge on any atom is -0.540 e. The molecule has 4 rings (SSSR count). The summed E-state index contributed by atoms with van der Waals surface area (Å²) in [5.41, 5.74) is 5.78. The monoisotopic (exact) mass is 355 g/mol. The van der Waals surface area contributed by atoms with E-state index in [0.717, 1.165) is 22.3 Å². The molecule has 27 heavy (non-hydrogen) atoms. The zero-order chi connectivity index (χ0) is 18.8. The van der Waals surface area contributed by atoms with Crippen LogP contribution in [0.4, 0.5) is 0 Å². The van der Waals surface area contributed by atoms with Crippen molar-refractivity contribution >= 4 is 0 Å². The molecule has 1 aromatic heterocycles.